The molecule has 0 rings (SSSR count). The first-order chi connectivity index (χ1) is 6.77. The Hall–Kier alpha value is -1.14. The SMILES string of the molecule is CC(=O)O.CN(C)C=O.COCC(C)O. The summed E-state index contributed by atoms with van der Waals surface area (Å²) in [7, 11) is 4.94. The van der Waals surface area contributed by atoms with E-state index in [4.69, 9.17) is 15.0 Å². The van der Waals surface area contributed by atoms with Crippen LogP contribution in [0, 0.1) is 0 Å². The number of methoxy groups -OCH3 is 1. The van der Waals surface area contributed by atoms with Crippen LogP contribution in [0.1, 0.15) is 13.8 Å². The second-order valence-electron chi connectivity index (χ2n) is 2.89. The molecular weight excluding hydrogens is 202 g/mol. The van der Waals surface area contributed by atoms with Crippen LogP contribution in [0.25, 0.3) is 0 Å². The van der Waals surface area contributed by atoms with E-state index in [9.17, 15) is 4.79 Å². The lowest BCUT2D eigenvalue weighted by molar-refractivity contribution is -0.134. The lowest BCUT2D eigenvalue weighted by Crippen LogP contribution is -2.07. The molecule has 15 heavy (non-hydrogen) atoms. The molecule has 92 valence electrons. The highest BCUT2D eigenvalue weighted by molar-refractivity contribution is 5.62. The molecule has 0 saturated heterocycles. The van der Waals surface area contributed by atoms with E-state index in [2.05, 4.69) is 4.74 Å². The molecule has 0 aliphatic carbocycles. The van der Waals surface area contributed by atoms with Crippen molar-refractivity contribution < 1.29 is 24.5 Å². The number of carboxylic acids is 1. The zero-order valence-electron chi connectivity index (χ0n) is 9.93. The second kappa shape index (κ2) is 15.3. The fourth-order valence-electron chi connectivity index (χ4n) is 0.241. The summed E-state index contributed by atoms with van der Waals surface area (Å²) in [6.45, 7) is 3.20. The summed E-state index contributed by atoms with van der Waals surface area (Å²) in [6, 6.07) is 0. The molecule has 6 heteroatoms. The minimum atomic E-state index is -0.833. The first kappa shape index (κ1) is 19.4. The first-order valence-electron chi connectivity index (χ1n) is 4.26. The van der Waals surface area contributed by atoms with Crippen LogP contribution in [0.2, 0.25) is 0 Å². The monoisotopic (exact) mass is 223 g/mol. The van der Waals surface area contributed by atoms with Crippen molar-refractivity contribution in [2.75, 3.05) is 27.8 Å². The van der Waals surface area contributed by atoms with E-state index in [1.807, 2.05) is 0 Å². The molecule has 0 saturated carbocycles. The number of aliphatic hydroxyl groups is 1. The number of aliphatic carboxylic acids is 1. The number of rotatable bonds is 3. The summed E-state index contributed by atoms with van der Waals surface area (Å²) in [6.07, 6.45) is 0.426. The molecule has 0 fully saturated rings. The fourth-order valence-corrected chi connectivity index (χ4v) is 0.241. The summed E-state index contributed by atoms with van der Waals surface area (Å²) in [5, 5.41) is 15.8. The van der Waals surface area contributed by atoms with Crippen LogP contribution in [0.5, 0.6) is 0 Å². The van der Waals surface area contributed by atoms with Crippen LogP contribution in [0.4, 0.5) is 0 Å². The van der Waals surface area contributed by atoms with E-state index >= 15 is 0 Å². The highest BCUT2D eigenvalue weighted by Crippen LogP contribution is 1.75. The van der Waals surface area contributed by atoms with E-state index in [0.29, 0.717) is 6.61 Å². The Morgan fingerprint density at radius 1 is 1.53 bits per heavy atom. The lowest BCUT2D eigenvalue weighted by atomic mass is 10.5. The molecule has 1 amide bonds. The number of carbonyl (C=O) groups excluding carboxylic acids is 1. The molecule has 1 atom stereocenters. The van der Waals surface area contributed by atoms with Gasteiger partial charge in [-0.15, -0.1) is 0 Å². The van der Waals surface area contributed by atoms with Crippen LogP contribution in [-0.4, -0.2) is 61.4 Å². The zero-order valence-corrected chi connectivity index (χ0v) is 9.93. The van der Waals surface area contributed by atoms with E-state index < -0.39 is 5.97 Å². The number of hydrogen-bond donors (Lipinski definition) is 2. The Morgan fingerprint density at radius 3 is 1.80 bits per heavy atom. The Bertz CT molecular complexity index is 143. The van der Waals surface area contributed by atoms with Gasteiger partial charge in [0, 0.05) is 28.1 Å². The molecule has 0 aromatic rings. The average Bonchev–Trinajstić information content (AvgIpc) is 2.03. The van der Waals surface area contributed by atoms with Crippen LogP contribution >= 0.6 is 0 Å². The molecule has 0 aromatic carbocycles. The van der Waals surface area contributed by atoms with Gasteiger partial charge in [-0.3, -0.25) is 9.59 Å². The highest BCUT2D eigenvalue weighted by Gasteiger charge is 1.87. The van der Waals surface area contributed by atoms with Gasteiger partial charge in [-0.1, -0.05) is 0 Å². The average molecular weight is 223 g/mol. The standard InChI is InChI=1S/C4H10O2.C3H7NO.C2H4O2/c1-4(5)3-6-2;1-4(2)3-5;1-2(3)4/h4-5H,3H2,1-2H3;3H,1-2H3;1H3,(H,3,4). The smallest absolute Gasteiger partial charge is 0.300 e. The van der Waals surface area contributed by atoms with Crippen LogP contribution in [0.3, 0.4) is 0 Å². The maximum Gasteiger partial charge on any atom is 0.300 e. The molecule has 0 bridgehead atoms. The van der Waals surface area contributed by atoms with Crippen molar-refractivity contribution in [3.63, 3.8) is 0 Å². The minimum absolute atomic E-state index is 0.324. The van der Waals surface area contributed by atoms with Crippen molar-refractivity contribution in [1.82, 2.24) is 4.90 Å². The topological polar surface area (TPSA) is 87.1 Å². The minimum Gasteiger partial charge on any atom is -0.481 e. The number of nitrogens with zero attached hydrogens (tertiary/aromatic N) is 1. The molecule has 0 radical (unpaired) electrons. The number of aliphatic hydroxyl groups excluding tert-OH is 1. The summed E-state index contributed by atoms with van der Waals surface area (Å²) < 4.78 is 4.55. The summed E-state index contributed by atoms with van der Waals surface area (Å²) in [5.74, 6) is -0.833. The predicted octanol–water partition coefficient (Wildman–Crippen LogP) is -0.191. The van der Waals surface area contributed by atoms with Gasteiger partial charge in [0.1, 0.15) is 0 Å². The zero-order chi connectivity index (χ0) is 12.9. The first-order valence-corrected chi connectivity index (χ1v) is 4.26. The van der Waals surface area contributed by atoms with Gasteiger partial charge in [0.25, 0.3) is 5.97 Å². The molecule has 0 aromatic heterocycles. The van der Waals surface area contributed by atoms with Gasteiger partial charge in [0.2, 0.25) is 6.41 Å². The Kier molecular flexibility index (Phi) is 19.9. The Balaban J connectivity index is -0.000000147. The number of amides is 1. The van der Waals surface area contributed by atoms with Gasteiger partial charge >= 0.3 is 0 Å². The molecular formula is C9H21NO5. The van der Waals surface area contributed by atoms with Crippen LogP contribution < -0.4 is 0 Å². The number of carboxylic acid groups (broad SMARTS) is 1. The maximum absolute atomic E-state index is 9.43. The summed E-state index contributed by atoms with van der Waals surface area (Å²) in [4.78, 5) is 19.9. The molecule has 0 spiro atoms. The van der Waals surface area contributed by atoms with Gasteiger partial charge in [-0.25, -0.2) is 0 Å². The molecule has 0 heterocycles. The van der Waals surface area contributed by atoms with Crippen molar-refractivity contribution in [2.24, 2.45) is 0 Å². The van der Waals surface area contributed by atoms with Crippen molar-refractivity contribution in [2.45, 2.75) is 20.0 Å². The van der Waals surface area contributed by atoms with E-state index in [1.54, 1.807) is 28.1 Å². The quantitative estimate of drug-likeness (QED) is 0.647. The van der Waals surface area contributed by atoms with Gasteiger partial charge in [0.15, 0.2) is 0 Å². The number of ether oxygens (including phenoxy) is 1. The normalized spacial score (nSPS) is 9.73. The lowest BCUT2D eigenvalue weighted by Gasteiger charge is -1.97. The number of hydrogen-bond acceptors (Lipinski definition) is 4. The molecule has 2 N–H and O–H groups in total. The van der Waals surface area contributed by atoms with Crippen molar-refractivity contribution in [1.29, 1.82) is 0 Å². The molecule has 0 aliphatic rings. The highest BCUT2D eigenvalue weighted by atomic mass is 16.5. The predicted molar refractivity (Wildman–Crippen MR) is 56.6 cm³/mol. The third-order valence-electron chi connectivity index (χ3n) is 0.619. The van der Waals surface area contributed by atoms with E-state index in [1.165, 1.54) is 4.90 Å². The maximum atomic E-state index is 9.43. The largest absolute Gasteiger partial charge is 0.481 e. The summed E-state index contributed by atoms with van der Waals surface area (Å²) >= 11 is 0. The van der Waals surface area contributed by atoms with Crippen molar-refractivity contribution in [3.8, 4) is 0 Å². The van der Waals surface area contributed by atoms with Gasteiger partial charge in [0.05, 0.1) is 12.7 Å². The summed E-state index contributed by atoms with van der Waals surface area (Å²) in [5.41, 5.74) is 0. The van der Waals surface area contributed by atoms with Crippen molar-refractivity contribution in [3.05, 3.63) is 0 Å². The Morgan fingerprint density at radius 2 is 1.80 bits per heavy atom. The molecule has 0 aliphatic heterocycles. The van der Waals surface area contributed by atoms with Crippen LogP contribution in [-0.2, 0) is 14.3 Å². The van der Waals surface area contributed by atoms with Crippen molar-refractivity contribution >= 4 is 12.4 Å². The molecule has 6 nitrogen and oxygen atoms in total. The van der Waals surface area contributed by atoms with Crippen LogP contribution in [0.15, 0.2) is 0 Å². The Labute approximate surface area is 90.5 Å². The van der Waals surface area contributed by atoms with E-state index in [-0.39, 0.29) is 6.10 Å². The molecule has 1 unspecified atom stereocenters. The fraction of sp³-hybridized carbons (Fsp3) is 0.778. The van der Waals surface area contributed by atoms with Gasteiger partial charge < -0.3 is 19.8 Å². The van der Waals surface area contributed by atoms with Gasteiger partial charge in [-0.05, 0) is 6.92 Å². The van der Waals surface area contributed by atoms with E-state index in [0.717, 1.165) is 13.3 Å². The third kappa shape index (κ3) is 102. The third-order valence-corrected chi connectivity index (χ3v) is 0.619. The van der Waals surface area contributed by atoms with Gasteiger partial charge in [-0.2, -0.15) is 0 Å². The second-order valence-corrected chi connectivity index (χ2v) is 2.89. The number of carbonyl (C=O) groups is 2.